The van der Waals surface area contributed by atoms with Gasteiger partial charge in [-0.2, -0.15) is 0 Å². The van der Waals surface area contributed by atoms with Crippen molar-refractivity contribution in [3.8, 4) is 0 Å². The van der Waals surface area contributed by atoms with Gasteiger partial charge in [0.2, 0.25) is 0 Å². The molecule has 0 aromatic heterocycles. The Labute approximate surface area is 305 Å². The fourth-order valence-corrected chi connectivity index (χ4v) is 13.6. The average Bonchev–Trinajstić information content (AvgIpc) is 3.64. The number of esters is 1. The van der Waals surface area contributed by atoms with E-state index in [2.05, 4.69) is 27.7 Å². The lowest BCUT2D eigenvalue weighted by atomic mass is 9.43. The molecule has 0 aromatic rings. The molecule has 7 rings (SSSR count). The van der Waals surface area contributed by atoms with Gasteiger partial charge in [-0.15, -0.1) is 0 Å². The number of amides is 1. The van der Waals surface area contributed by atoms with Gasteiger partial charge in [-0.1, -0.05) is 27.7 Å². The summed E-state index contributed by atoms with van der Waals surface area (Å²) in [5, 5.41) is 23.5. The maximum Gasteiger partial charge on any atom is 0.410 e. The quantitative estimate of drug-likeness (QED) is 0.325. The highest BCUT2D eigenvalue weighted by atomic mass is 16.7. The van der Waals surface area contributed by atoms with Crippen molar-refractivity contribution in [2.75, 3.05) is 19.7 Å². The molecule has 5 saturated carbocycles. The standard InChI is InChI=1S/C40H66N2O9/c1-22-19-24(32(36(8,9)46)48-23(2)43)49-30-29(22)37(10)15-16-39-21-38(39)14-13-27(35(6,7)25(38)11-12-26(39)40(37,41)31(30)44)50-28-20-42(17-18-47-28)33(45)51-34(3,4)5/h22,24-32,44,46H,11-21,41H2,1-10H3/t22-,24?,25+,26?,27+,28+,29+,30?,31+,32+,37-,38?,39?,40+/m1/s1. The van der Waals surface area contributed by atoms with Crippen LogP contribution in [0.3, 0.4) is 0 Å². The lowest BCUT2D eigenvalue weighted by Gasteiger charge is -2.63. The van der Waals surface area contributed by atoms with Crippen molar-refractivity contribution < 1.29 is 43.5 Å². The van der Waals surface area contributed by atoms with Crippen molar-refractivity contribution in [1.29, 1.82) is 0 Å². The normalized spacial score (nSPS) is 47.9. The monoisotopic (exact) mass is 718 g/mol. The number of aliphatic hydroxyl groups excluding tert-OH is 1. The number of hydrogen-bond donors (Lipinski definition) is 3. The second-order valence-corrected chi connectivity index (χ2v) is 20.2. The van der Waals surface area contributed by atoms with E-state index in [9.17, 15) is 19.8 Å². The summed E-state index contributed by atoms with van der Waals surface area (Å²) in [6.07, 6.45) is 4.22. The van der Waals surface area contributed by atoms with Crippen molar-refractivity contribution in [3.63, 3.8) is 0 Å². The molecule has 4 N–H and O–H groups in total. The van der Waals surface area contributed by atoms with E-state index in [-0.39, 0.29) is 51.6 Å². The third kappa shape index (κ3) is 5.55. The molecule has 0 bridgehead atoms. The summed E-state index contributed by atoms with van der Waals surface area (Å²) in [6, 6.07) is 0. The molecule has 2 heterocycles. The smallest absolute Gasteiger partial charge is 0.410 e. The molecule has 51 heavy (non-hydrogen) atoms. The number of aliphatic hydroxyl groups is 2. The van der Waals surface area contributed by atoms with E-state index in [4.69, 9.17) is 29.4 Å². The number of morpholine rings is 1. The summed E-state index contributed by atoms with van der Waals surface area (Å²) < 4.78 is 30.9. The molecule has 1 amide bonds. The molecule has 5 aliphatic carbocycles. The fourth-order valence-electron chi connectivity index (χ4n) is 13.6. The van der Waals surface area contributed by atoms with E-state index in [0.717, 1.165) is 44.9 Å². The third-order valence-corrected chi connectivity index (χ3v) is 15.6. The summed E-state index contributed by atoms with van der Waals surface area (Å²) in [7, 11) is 0. The summed E-state index contributed by atoms with van der Waals surface area (Å²) >= 11 is 0. The van der Waals surface area contributed by atoms with E-state index < -0.39 is 53.4 Å². The molecule has 7 aliphatic rings. The fraction of sp³-hybridized carbons (Fsp3) is 0.950. The molecular weight excluding hydrogens is 652 g/mol. The summed E-state index contributed by atoms with van der Waals surface area (Å²) in [5.74, 6) is 0.395. The van der Waals surface area contributed by atoms with Crippen LogP contribution in [0.15, 0.2) is 0 Å². The Kier molecular flexibility index (Phi) is 8.89. The van der Waals surface area contributed by atoms with Crippen molar-refractivity contribution in [1.82, 2.24) is 4.90 Å². The Hall–Kier alpha value is -1.50. The van der Waals surface area contributed by atoms with Gasteiger partial charge in [0.25, 0.3) is 0 Å². The molecule has 14 atom stereocenters. The minimum atomic E-state index is -1.30. The Morgan fingerprint density at radius 1 is 1.00 bits per heavy atom. The van der Waals surface area contributed by atoms with Gasteiger partial charge in [-0.3, -0.25) is 4.79 Å². The lowest BCUT2D eigenvalue weighted by Crippen LogP contribution is -2.70. The second kappa shape index (κ2) is 12.0. The molecule has 0 radical (unpaired) electrons. The minimum Gasteiger partial charge on any atom is -0.457 e. The van der Waals surface area contributed by atoms with E-state index in [1.54, 1.807) is 18.7 Å². The van der Waals surface area contributed by atoms with E-state index in [1.165, 1.54) is 6.92 Å². The molecule has 11 nitrogen and oxygen atoms in total. The predicted octanol–water partition coefficient (Wildman–Crippen LogP) is 5.17. The van der Waals surface area contributed by atoms with Gasteiger partial charge in [-0.25, -0.2) is 4.79 Å². The number of ether oxygens (including phenoxy) is 5. The molecular formula is C40H66N2O9. The highest BCUT2D eigenvalue weighted by molar-refractivity contribution is 5.68. The maximum atomic E-state index is 12.9. The van der Waals surface area contributed by atoms with Gasteiger partial charge in [0, 0.05) is 13.5 Å². The largest absolute Gasteiger partial charge is 0.457 e. The van der Waals surface area contributed by atoms with Gasteiger partial charge in [0.05, 0.1) is 48.7 Å². The zero-order chi connectivity index (χ0) is 37.3. The van der Waals surface area contributed by atoms with Crippen LogP contribution in [0.4, 0.5) is 4.79 Å². The molecule has 7 fully saturated rings. The summed E-state index contributed by atoms with van der Waals surface area (Å²) in [6.45, 7) is 20.8. The first-order chi connectivity index (χ1) is 23.5. The molecule has 2 aliphatic heterocycles. The number of nitrogens with two attached hydrogens (primary N) is 1. The van der Waals surface area contributed by atoms with Crippen LogP contribution < -0.4 is 5.73 Å². The van der Waals surface area contributed by atoms with Crippen LogP contribution in [-0.2, 0) is 28.5 Å². The minimum absolute atomic E-state index is 0.00123. The molecule has 290 valence electrons. The van der Waals surface area contributed by atoms with Crippen LogP contribution in [0, 0.1) is 45.3 Å². The zero-order valence-electron chi connectivity index (χ0n) is 32.8. The Bertz CT molecular complexity index is 1390. The van der Waals surface area contributed by atoms with Gasteiger partial charge in [0.15, 0.2) is 12.4 Å². The Balaban J connectivity index is 1.09. The maximum absolute atomic E-state index is 12.9. The first-order valence-electron chi connectivity index (χ1n) is 19.8. The van der Waals surface area contributed by atoms with Gasteiger partial charge in [0.1, 0.15) is 5.60 Å². The highest BCUT2D eigenvalue weighted by Gasteiger charge is 2.85. The Morgan fingerprint density at radius 3 is 2.31 bits per heavy atom. The van der Waals surface area contributed by atoms with E-state index in [0.29, 0.717) is 32.0 Å². The van der Waals surface area contributed by atoms with Crippen LogP contribution in [-0.4, -0.2) is 100 Å². The van der Waals surface area contributed by atoms with Crippen molar-refractivity contribution in [2.45, 2.75) is 174 Å². The predicted molar refractivity (Wildman–Crippen MR) is 189 cm³/mol. The number of nitrogens with zero attached hydrogens (tertiary/aromatic N) is 1. The Morgan fingerprint density at radius 2 is 1.67 bits per heavy atom. The first kappa shape index (κ1) is 37.8. The van der Waals surface area contributed by atoms with E-state index >= 15 is 0 Å². The summed E-state index contributed by atoms with van der Waals surface area (Å²) in [4.78, 5) is 26.6. The van der Waals surface area contributed by atoms with Crippen molar-refractivity contribution in [2.24, 2.45) is 51.1 Å². The highest BCUT2D eigenvalue weighted by Crippen LogP contribution is 2.87. The van der Waals surface area contributed by atoms with Crippen molar-refractivity contribution >= 4 is 12.1 Å². The first-order valence-corrected chi connectivity index (χ1v) is 19.8. The van der Waals surface area contributed by atoms with Crippen LogP contribution in [0.25, 0.3) is 0 Å². The molecule has 5 unspecified atom stereocenters. The van der Waals surface area contributed by atoms with Crippen molar-refractivity contribution in [3.05, 3.63) is 0 Å². The van der Waals surface area contributed by atoms with Gasteiger partial charge < -0.3 is 44.5 Å². The van der Waals surface area contributed by atoms with Crippen LogP contribution in [0.1, 0.15) is 121 Å². The second-order valence-electron chi connectivity index (χ2n) is 20.2. The topological polar surface area (TPSA) is 150 Å². The molecule has 2 saturated heterocycles. The lowest BCUT2D eigenvalue weighted by molar-refractivity contribution is -0.244. The number of carbonyl (C=O) groups is 2. The zero-order valence-corrected chi connectivity index (χ0v) is 32.8. The molecule has 11 heteroatoms. The van der Waals surface area contributed by atoms with Gasteiger partial charge >= 0.3 is 12.1 Å². The third-order valence-electron chi connectivity index (χ3n) is 15.6. The number of fused-ring (bicyclic) bond motifs is 4. The SMILES string of the molecule is CC(=O)O[C@@H](C1C[C@@H](C)[C@H]2C(O1)[C@H](O)[C@@]1(N)C3CC[C@H]4C(C)(C)[C@@H](O[C@H]5CN(C(=O)OC(C)(C)C)CCO5)CCC45CC35CC[C@]21C)C(C)(C)O. The van der Waals surface area contributed by atoms with Crippen LogP contribution in [0.5, 0.6) is 0 Å². The number of carbonyl (C=O) groups excluding carboxylic acids is 2. The number of hydrogen-bond acceptors (Lipinski definition) is 10. The molecule has 2 spiro atoms. The van der Waals surface area contributed by atoms with Gasteiger partial charge in [-0.05, 0) is 131 Å². The molecule has 0 aromatic carbocycles. The average molecular weight is 719 g/mol. The van der Waals surface area contributed by atoms with Crippen LogP contribution >= 0.6 is 0 Å². The number of rotatable bonds is 5. The summed E-state index contributed by atoms with van der Waals surface area (Å²) in [5.41, 5.74) is 4.92. The van der Waals surface area contributed by atoms with Crippen LogP contribution in [0.2, 0.25) is 0 Å². The van der Waals surface area contributed by atoms with E-state index in [1.807, 2.05) is 20.8 Å².